The summed E-state index contributed by atoms with van der Waals surface area (Å²) in [6.07, 6.45) is 4.48. The standard InChI is InChI=1S/C11H23NO2S/c1-2-12-9-4-3-5-11(6-9)15-8-10(14)7-13/h9-14H,2-8H2,1H3. The van der Waals surface area contributed by atoms with Crippen LogP contribution in [0.4, 0.5) is 0 Å². The summed E-state index contributed by atoms with van der Waals surface area (Å²) in [5.41, 5.74) is 0. The van der Waals surface area contributed by atoms with E-state index in [1.54, 1.807) is 0 Å². The molecule has 1 aliphatic rings. The van der Waals surface area contributed by atoms with Gasteiger partial charge in [-0.05, 0) is 25.8 Å². The van der Waals surface area contributed by atoms with Crippen LogP contribution in [0.1, 0.15) is 32.6 Å². The summed E-state index contributed by atoms with van der Waals surface area (Å²) in [5.74, 6) is 0.667. The Balaban J connectivity index is 2.18. The van der Waals surface area contributed by atoms with Crippen molar-refractivity contribution < 1.29 is 10.2 Å². The SMILES string of the molecule is CCNC1CCCC(SCC(O)CO)C1. The lowest BCUT2D eigenvalue weighted by Gasteiger charge is -2.29. The lowest BCUT2D eigenvalue weighted by molar-refractivity contribution is 0.113. The quantitative estimate of drug-likeness (QED) is 0.640. The summed E-state index contributed by atoms with van der Waals surface area (Å²) in [5, 5.41) is 22.1. The summed E-state index contributed by atoms with van der Waals surface area (Å²) < 4.78 is 0. The van der Waals surface area contributed by atoms with Gasteiger partial charge in [-0.15, -0.1) is 0 Å². The highest BCUT2D eigenvalue weighted by molar-refractivity contribution is 7.99. The van der Waals surface area contributed by atoms with Gasteiger partial charge in [0, 0.05) is 17.0 Å². The summed E-state index contributed by atoms with van der Waals surface area (Å²) in [6, 6.07) is 0.660. The second-order valence-electron chi connectivity index (χ2n) is 4.21. The van der Waals surface area contributed by atoms with Gasteiger partial charge in [0.25, 0.3) is 0 Å². The van der Waals surface area contributed by atoms with E-state index in [0.717, 1.165) is 6.54 Å². The maximum absolute atomic E-state index is 9.27. The number of rotatable bonds is 6. The van der Waals surface area contributed by atoms with E-state index in [4.69, 9.17) is 5.11 Å². The van der Waals surface area contributed by atoms with Crippen LogP contribution in [0.15, 0.2) is 0 Å². The Kier molecular flexibility index (Phi) is 6.64. The molecule has 0 radical (unpaired) electrons. The number of nitrogens with one attached hydrogen (secondary N) is 1. The molecule has 90 valence electrons. The van der Waals surface area contributed by atoms with Crippen molar-refractivity contribution in [3.05, 3.63) is 0 Å². The maximum atomic E-state index is 9.27. The molecule has 0 aromatic carbocycles. The lowest BCUT2D eigenvalue weighted by Crippen LogP contribution is -2.35. The van der Waals surface area contributed by atoms with Gasteiger partial charge in [0.15, 0.2) is 0 Å². The fourth-order valence-electron chi connectivity index (χ4n) is 2.07. The predicted molar refractivity (Wildman–Crippen MR) is 65.3 cm³/mol. The van der Waals surface area contributed by atoms with E-state index in [0.29, 0.717) is 17.0 Å². The fraction of sp³-hybridized carbons (Fsp3) is 1.00. The van der Waals surface area contributed by atoms with Gasteiger partial charge in [-0.25, -0.2) is 0 Å². The van der Waals surface area contributed by atoms with Crippen molar-refractivity contribution in [1.29, 1.82) is 0 Å². The van der Waals surface area contributed by atoms with Gasteiger partial charge in [-0.2, -0.15) is 11.8 Å². The van der Waals surface area contributed by atoms with Crippen molar-refractivity contribution in [2.75, 3.05) is 18.9 Å². The normalized spacial score (nSPS) is 29.0. The molecule has 3 atom stereocenters. The van der Waals surface area contributed by atoms with Gasteiger partial charge in [-0.1, -0.05) is 13.3 Å². The van der Waals surface area contributed by atoms with Gasteiger partial charge in [0.05, 0.1) is 12.7 Å². The third kappa shape index (κ3) is 5.20. The Hall–Kier alpha value is 0.230. The molecule has 3 unspecified atom stereocenters. The third-order valence-electron chi connectivity index (χ3n) is 2.85. The van der Waals surface area contributed by atoms with Crippen LogP contribution in [0, 0.1) is 0 Å². The second kappa shape index (κ2) is 7.49. The minimum absolute atomic E-state index is 0.115. The molecule has 0 bridgehead atoms. The molecular formula is C11H23NO2S. The van der Waals surface area contributed by atoms with Crippen molar-refractivity contribution in [3.63, 3.8) is 0 Å². The zero-order chi connectivity index (χ0) is 11.1. The third-order valence-corrected chi connectivity index (χ3v) is 4.33. The van der Waals surface area contributed by atoms with Crippen LogP contribution >= 0.6 is 11.8 Å². The van der Waals surface area contributed by atoms with E-state index in [1.807, 2.05) is 11.8 Å². The van der Waals surface area contributed by atoms with Gasteiger partial charge >= 0.3 is 0 Å². The molecule has 0 aromatic rings. The van der Waals surface area contributed by atoms with E-state index in [2.05, 4.69) is 12.2 Å². The Bertz CT molecular complexity index is 167. The smallest absolute Gasteiger partial charge is 0.0861 e. The largest absolute Gasteiger partial charge is 0.394 e. The number of aliphatic hydroxyl groups excluding tert-OH is 2. The topological polar surface area (TPSA) is 52.5 Å². The van der Waals surface area contributed by atoms with E-state index < -0.39 is 6.10 Å². The first-order valence-electron chi connectivity index (χ1n) is 5.90. The summed E-state index contributed by atoms with van der Waals surface area (Å²) in [4.78, 5) is 0. The van der Waals surface area contributed by atoms with Crippen LogP contribution in [0.2, 0.25) is 0 Å². The van der Waals surface area contributed by atoms with Crippen LogP contribution in [0.5, 0.6) is 0 Å². The van der Waals surface area contributed by atoms with Crippen molar-refractivity contribution in [3.8, 4) is 0 Å². The molecule has 0 spiro atoms. The van der Waals surface area contributed by atoms with Crippen LogP contribution in [0.3, 0.4) is 0 Å². The summed E-state index contributed by atoms with van der Waals surface area (Å²) in [7, 11) is 0. The van der Waals surface area contributed by atoms with Crippen molar-refractivity contribution in [2.45, 2.75) is 50.0 Å². The molecule has 1 fully saturated rings. The van der Waals surface area contributed by atoms with Crippen LogP contribution in [-0.4, -0.2) is 46.5 Å². The molecule has 0 heterocycles. The first-order valence-corrected chi connectivity index (χ1v) is 6.95. The van der Waals surface area contributed by atoms with Crippen LogP contribution in [0.25, 0.3) is 0 Å². The molecule has 1 saturated carbocycles. The molecule has 0 aromatic heterocycles. The summed E-state index contributed by atoms with van der Waals surface area (Å²) in [6.45, 7) is 3.07. The zero-order valence-electron chi connectivity index (χ0n) is 9.48. The molecule has 3 nitrogen and oxygen atoms in total. The lowest BCUT2D eigenvalue weighted by atomic mass is 9.95. The Morgan fingerprint density at radius 1 is 1.47 bits per heavy atom. The number of thioether (sulfide) groups is 1. The number of aliphatic hydroxyl groups is 2. The van der Waals surface area contributed by atoms with Gasteiger partial charge in [0.1, 0.15) is 0 Å². The van der Waals surface area contributed by atoms with Crippen molar-refractivity contribution in [1.82, 2.24) is 5.32 Å². The molecule has 1 aliphatic carbocycles. The van der Waals surface area contributed by atoms with E-state index >= 15 is 0 Å². The molecule has 3 N–H and O–H groups in total. The molecular weight excluding hydrogens is 210 g/mol. The Labute approximate surface area is 96.6 Å². The maximum Gasteiger partial charge on any atom is 0.0861 e. The average Bonchev–Trinajstić information content (AvgIpc) is 2.27. The monoisotopic (exact) mass is 233 g/mol. The Morgan fingerprint density at radius 3 is 2.93 bits per heavy atom. The van der Waals surface area contributed by atoms with Crippen LogP contribution < -0.4 is 5.32 Å². The zero-order valence-corrected chi connectivity index (χ0v) is 10.3. The van der Waals surface area contributed by atoms with Crippen LogP contribution in [-0.2, 0) is 0 Å². The molecule has 1 rings (SSSR count). The van der Waals surface area contributed by atoms with Gasteiger partial charge in [0.2, 0.25) is 0 Å². The van der Waals surface area contributed by atoms with E-state index in [9.17, 15) is 5.11 Å². The summed E-state index contributed by atoms with van der Waals surface area (Å²) >= 11 is 1.81. The molecule has 0 amide bonds. The minimum atomic E-state index is -0.547. The first-order chi connectivity index (χ1) is 7.26. The molecule has 15 heavy (non-hydrogen) atoms. The highest BCUT2D eigenvalue weighted by Crippen LogP contribution is 2.28. The van der Waals surface area contributed by atoms with Gasteiger partial charge < -0.3 is 15.5 Å². The predicted octanol–water partition coefficient (Wildman–Crippen LogP) is 0.994. The fourth-order valence-corrected chi connectivity index (χ4v) is 3.37. The highest BCUT2D eigenvalue weighted by Gasteiger charge is 2.21. The number of hydrogen-bond acceptors (Lipinski definition) is 4. The molecule has 0 aliphatic heterocycles. The Morgan fingerprint density at radius 2 is 2.27 bits per heavy atom. The minimum Gasteiger partial charge on any atom is -0.394 e. The van der Waals surface area contributed by atoms with Gasteiger partial charge in [-0.3, -0.25) is 0 Å². The first kappa shape index (κ1) is 13.3. The number of hydrogen-bond donors (Lipinski definition) is 3. The average molecular weight is 233 g/mol. The molecule has 0 saturated heterocycles. The second-order valence-corrected chi connectivity index (χ2v) is 5.55. The van der Waals surface area contributed by atoms with Crippen molar-refractivity contribution in [2.24, 2.45) is 0 Å². The highest BCUT2D eigenvalue weighted by atomic mass is 32.2. The van der Waals surface area contributed by atoms with E-state index in [-0.39, 0.29) is 6.61 Å². The molecule has 4 heteroatoms. The van der Waals surface area contributed by atoms with Crippen molar-refractivity contribution >= 4 is 11.8 Å². The van der Waals surface area contributed by atoms with E-state index in [1.165, 1.54) is 25.7 Å².